The first-order valence-corrected chi connectivity index (χ1v) is 11.7. The molecule has 0 aromatic rings. The Labute approximate surface area is 181 Å². The van der Waals surface area contributed by atoms with Crippen LogP contribution < -0.4 is 0 Å². The Morgan fingerprint density at radius 1 is 0.655 bits per heavy atom. The van der Waals surface area contributed by atoms with Gasteiger partial charge >= 0.3 is 5.97 Å². The summed E-state index contributed by atoms with van der Waals surface area (Å²) in [6, 6.07) is 0. The molecule has 0 aromatic carbocycles. The van der Waals surface area contributed by atoms with Gasteiger partial charge in [0.25, 0.3) is 0 Å². The molecule has 0 aliphatic carbocycles. The number of allylic oxidation sites excluding steroid dienone is 8. The minimum absolute atomic E-state index is 0.262. The fraction of sp³-hybridized carbons (Fsp3) is 0.654. The molecule has 0 aliphatic heterocycles. The quantitative estimate of drug-likeness (QED) is 0.200. The van der Waals surface area contributed by atoms with Gasteiger partial charge in [-0.3, -0.25) is 4.79 Å². The van der Waals surface area contributed by atoms with Crippen LogP contribution in [0.1, 0.15) is 91.9 Å². The van der Waals surface area contributed by atoms with Crippen molar-refractivity contribution in [3.8, 4) is 0 Å². The molecule has 0 bridgehead atoms. The molecule has 0 radical (unpaired) electrons. The average molecular weight is 406 g/mol. The van der Waals surface area contributed by atoms with Crippen molar-refractivity contribution in [2.24, 2.45) is 0 Å². The van der Waals surface area contributed by atoms with Gasteiger partial charge in [0, 0.05) is 6.42 Å². The molecule has 0 saturated carbocycles. The van der Waals surface area contributed by atoms with Gasteiger partial charge in [0.2, 0.25) is 0 Å². The van der Waals surface area contributed by atoms with Gasteiger partial charge in [-0.15, -0.1) is 0 Å². The Morgan fingerprint density at radius 3 is 1.41 bits per heavy atom. The van der Waals surface area contributed by atoms with Crippen LogP contribution in [0.25, 0.3) is 0 Å². The molecule has 3 heteroatoms. The minimum atomic E-state index is -0.712. The monoisotopic (exact) mass is 405 g/mol. The van der Waals surface area contributed by atoms with E-state index in [2.05, 4.69) is 81.2 Å². The van der Waals surface area contributed by atoms with E-state index in [1.54, 1.807) is 0 Å². The molecule has 0 rings (SSSR count). The topological polar surface area (TPSA) is 40.5 Å². The minimum Gasteiger partial charge on any atom is -0.481 e. The van der Waals surface area contributed by atoms with E-state index < -0.39 is 5.97 Å². The SMILES string of the molecule is CCCCCC=CCC=CCC=CCC=CCCCC(=O)O.CCN(CC)CC. The Kier molecular flexibility index (Phi) is 26.9. The van der Waals surface area contributed by atoms with Crippen molar-refractivity contribution in [2.75, 3.05) is 19.6 Å². The molecule has 0 fully saturated rings. The third-order valence-corrected chi connectivity index (χ3v) is 4.56. The van der Waals surface area contributed by atoms with E-state index in [-0.39, 0.29) is 6.42 Å². The van der Waals surface area contributed by atoms with E-state index >= 15 is 0 Å². The summed E-state index contributed by atoms with van der Waals surface area (Å²) >= 11 is 0. The number of aliphatic carboxylic acids is 1. The predicted molar refractivity (Wildman–Crippen MR) is 130 cm³/mol. The highest BCUT2D eigenvalue weighted by atomic mass is 16.4. The van der Waals surface area contributed by atoms with Crippen molar-refractivity contribution in [3.63, 3.8) is 0 Å². The number of carbonyl (C=O) groups is 1. The Hall–Kier alpha value is -1.61. The highest BCUT2D eigenvalue weighted by Crippen LogP contribution is 2.01. The van der Waals surface area contributed by atoms with Crippen molar-refractivity contribution >= 4 is 5.97 Å². The van der Waals surface area contributed by atoms with Crippen LogP contribution in [0.15, 0.2) is 48.6 Å². The standard InChI is InChI=1S/C20H32O2.C6H15N/c1-2-3-4-5-6-7-8-9-10-11-12-13-14-15-16-17-18-19-20(21)22;1-4-7(5-2)6-3/h6-7,9-10,12-13,15-16H,2-5,8,11,14,17-19H2,1H3,(H,21,22);4-6H2,1-3H3. The van der Waals surface area contributed by atoms with Crippen LogP contribution in [0.4, 0.5) is 0 Å². The van der Waals surface area contributed by atoms with Crippen LogP contribution >= 0.6 is 0 Å². The second-order valence-corrected chi connectivity index (χ2v) is 6.99. The van der Waals surface area contributed by atoms with Crippen molar-refractivity contribution in [1.82, 2.24) is 4.90 Å². The Bertz CT molecular complexity index is 440. The van der Waals surface area contributed by atoms with E-state index in [0.29, 0.717) is 0 Å². The summed E-state index contributed by atoms with van der Waals surface area (Å²) in [4.78, 5) is 12.7. The van der Waals surface area contributed by atoms with Gasteiger partial charge in [-0.25, -0.2) is 0 Å². The number of rotatable bonds is 17. The fourth-order valence-corrected chi connectivity index (χ4v) is 2.60. The Balaban J connectivity index is 0. The van der Waals surface area contributed by atoms with Crippen LogP contribution in [0, 0.1) is 0 Å². The van der Waals surface area contributed by atoms with E-state index in [1.807, 2.05) is 0 Å². The van der Waals surface area contributed by atoms with Crippen molar-refractivity contribution in [2.45, 2.75) is 91.9 Å². The lowest BCUT2D eigenvalue weighted by Gasteiger charge is -2.13. The first kappa shape index (κ1) is 29.6. The first-order chi connectivity index (χ1) is 14.1. The molecule has 0 heterocycles. The first-order valence-electron chi connectivity index (χ1n) is 11.7. The zero-order valence-corrected chi connectivity index (χ0v) is 19.6. The molecule has 0 spiro atoms. The molecule has 0 aromatic heterocycles. The zero-order valence-electron chi connectivity index (χ0n) is 19.6. The number of hydrogen-bond acceptors (Lipinski definition) is 2. The molecule has 29 heavy (non-hydrogen) atoms. The lowest BCUT2D eigenvalue weighted by Crippen LogP contribution is -2.21. The summed E-state index contributed by atoms with van der Waals surface area (Å²) in [6.07, 6.45) is 27.3. The van der Waals surface area contributed by atoms with Gasteiger partial charge in [-0.1, -0.05) is 89.1 Å². The van der Waals surface area contributed by atoms with Crippen molar-refractivity contribution < 1.29 is 9.90 Å². The van der Waals surface area contributed by atoms with E-state index in [0.717, 1.165) is 32.1 Å². The van der Waals surface area contributed by atoms with E-state index in [1.165, 1.54) is 45.3 Å². The third kappa shape index (κ3) is 28.7. The molecule has 3 nitrogen and oxygen atoms in total. The van der Waals surface area contributed by atoms with Gasteiger partial charge in [0.15, 0.2) is 0 Å². The highest BCUT2D eigenvalue weighted by molar-refractivity contribution is 5.66. The van der Waals surface area contributed by atoms with E-state index in [4.69, 9.17) is 5.11 Å². The largest absolute Gasteiger partial charge is 0.481 e. The lowest BCUT2D eigenvalue weighted by atomic mass is 10.2. The van der Waals surface area contributed by atoms with Crippen LogP contribution in [-0.4, -0.2) is 35.6 Å². The summed E-state index contributed by atoms with van der Waals surface area (Å²) in [6.45, 7) is 12.4. The molecule has 1 N–H and O–H groups in total. The number of hydrogen-bond donors (Lipinski definition) is 1. The number of carboxylic acid groups (broad SMARTS) is 1. The molecular formula is C26H47NO2. The molecule has 0 amide bonds. The number of nitrogens with zero attached hydrogens (tertiary/aromatic N) is 1. The van der Waals surface area contributed by atoms with Gasteiger partial charge < -0.3 is 10.0 Å². The van der Waals surface area contributed by atoms with Crippen LogP contribution in [0.2, 0.25) is 0 Å². The van der Waals surface area contributed by atoms with Gasteiger partial charge in [-0.05, 0) is 64.6 Å². The lowest BCUT2D eigenvalue weighted by molar-refractivity contribution is -0.137. The second-order valence-electron chi connectivity index (χ2n) is 6.99. The normalized spacial score (nSPS) is 11.9. The van der Waals surface area contributed by atoms with Crippen LogP contribution in [-0.2, 0) is 4.79 Å². The molecular weight excluding hydrogens is 358 g/mol. The van der Waals surface area contributed by atoms with Crippen LogP contribution in [0.5, 0.6) is 0 Å². The number of unbranched alkanes of at least 4 members (excludes halogenated alkanes) is 4. The molecule has 0 saturated heterocycles. The summed E-state index contributed by atoms with van der Waals surface area (Å²) < 4.78 is 0. The molecule has 0 aliphatic rings. The average Bonchev–Trinajstić information content (AvgIpc) is 2.72. The molecule has 0 unspecified atom stereocenters. The summed E-state index contributed by atoms with van der Waals surface area (Å²) in [5.74, 6) is -0.712. The maximum atomic E-state index is 10.3. The number of carboxylic acids is 1. The van der Waals surface area contributed by atoms with Crippen molar-refractivity contribution in [1.29, 1.82) is 0 Å². The van der Waals surface area contributed by atoms with E-state index in [9.17, 15) is 4.79 Å². The molecule has 0 atom stereocenters. The van der Waals surface area contributed by atoms with Gasteiger partial charge in [0.05, 0.1) is 0 Å². The molecule has 168 valence electrons. The summed E-state index contributed by atoms with van der Waals surface area (Å²) in [5.41, 5.74) is 0. The smallest absolute Gasteiger partial charge is 0.303 e. The summed E-state index contributed by atoms with van der Waals surface area (Å²) in [7, 11) is 0. The fourth-order valence-electron chi connectivity index (χ4n) is 2.60. The van der Waals surface area contributed by atoms with Gasteiger partial charge in [-0.2, -0.15) is 0 Å². The van der Waals surface area contributed by atoms with Gasteiger partial charge in [0.1, 0.15) is 0 Å². The zero-order chi connectivity index (χ0) is 22.0. The summed E-state index contributed by atoms with van der Waals surface area (Å²) in [5, 5.41) is 8.49. The van der Waals surface area contributed by atoms with Crippen molar-refractivity contribution in [3.05, 3.63) is 48.6 Å². The Morgan fingerprint density at radius 2 is 1.07 bits per heavy atom. The predicted octanol–water partition coefficient (Wildman–Crippen LogP) is 7.56. The maximum Gasteiger partial charge on any atom is 0.303 e. The highest BCUT2D eigenvalue weighted by Gasteiger charge is 1.92. The third-order valence-electron chi connectivity index (χ3n) is 4.56. The second kappa shape index (κ2) is 26.4. The van der Waals surface area contributed by atoms with Crippen LogP contribution in [0.3, 0.4) is 0 Å². The maximum absolute atomic E-state index is 10.3.